The molecule has 0 radical (unpaired) electrons. The van der Waals surface area contributed by atoms with Crippen molar-refractivity contribution in [2.24, 2.45) is 0 Å². The molecule has 3 nitrogen and oxygen atoms in total. The van der Waals surface area contributed by atoms with Gasteiger partial charge in [0.1, 0.15) is 6.04 Å². The molecule has 1 amide bonds. The molecule has 4 rings (SSSR count). The monoisotopic (exact) mass is 356 g/mol. The summed E-state index contributed by atoms with van der Waals surface area (Å²) in [6, 6.07) is 30.5. The van der Waals surface area contributed by atoms with Gasteiger partial charge in [0.2, 0.25) is 5.91 Å². The van der Waals surface area contributed by atoms with Crippen molar-refractivity contribution < 1.29 is 4.79 Å². The van der Waals surface area contributed by atoms with E-state index in [9.17, 15) is 4.79 Å². The van der Waals surface area contributed by atoms with Crippen molar-refractivity contribution in [3.63, 3.8) is 0 Å². The summed E-state index contributed by atoms with van der Waals surface area (Å²) in [5, 5.41) is 0. The Morgan fingerprint density at radius 3 is 1.78 bits per heavy atom. The van der Waals surface area contributed by atoms with Gasteiger partial charge < -0.3 is 4.90 Å². The topological polar surface area (TPSA) is 23.6 Å². The number of amides is 1. The Hall–Kier alpha value is -2.91. The van der Waals surface area contributed by atoms with Crippen LogP contribution in [-0.2, 0) is 17.9 Å². The highest BCUT2D eigenvalue weighted by Crippen LogP contribution is 2.29. The molecule has 0 saturated carbocycles. The van der Waals surface area contributed by atoms with E-state index in [0.717, 1.165) is 25.2 Å². The minimum atomic E-state index is -0.233. The lowest BCUT2D eigenvalue weighted by atomic mass is 10.00. The molecule has 1 saturated heterocycles. The predicted molar refractivity (Wildman–Crippen MR) is 108 cm³/mol. The Labute approximate surface area is 160 Å². The number of nitrogens with zero attached hydrogens (tertiary/aromatic N) is 2. The highest BCUT2D eigenvalue weighted by atomic mass is 16.2. The van der Waals surface area contributed by atoms with Gasteiger partial charge in [-0.15, -0.1) is 0 Å². The maximum absolute atomic E-state index is 13.4. The Kier molecular flexibility index (Phi) is 5.31. The number of hydrogen-bond acceptors (Lipinski definition) is 2. The Bertz CT molecular complexity index is 865. The normalized spacial score (nSPS) is 17.9. The third-order valence-corrected chi connectivity index (χ3v) is 5.13. The van der Waals surface area contributed by atoms with Crippen LogP contribution in [0.2, 0.25) is 0 Å². The van der Waals surface area contributed by atoms with E-state index >= 15 is 0 Å². The van der Waals surface area contributed by atoms with Gasteiger partial charge >= 0.3 is 0 Å². The van der Waals surface area contributed by atoms with Crippen LogP contribution in [0.1, 0.15) is 22.7 Å². The zero-order chi connectivity index (χ0) is 18.5. The summed E-state index contributed by atoms with van der Waals surface area (Å²) < 4.78 is 0. The lowest BCUT2D eigenvalue weighted by Crippen LogP contribution is -2.51. The van der Waals surface area contributed by atoms with Gasteiger partial charge in [0.15, 0.2) is 0 Å². The lowest BCUT2D eigenvalue weighted by Gasteiger charge is -2.41. The summed E-state index contributed by atoms with van der Waals surface area (Å²) in [5.41, 5.74) is 3.48. The van der Waals surface area contributed by atoms with Crippen LogP contribution < -0.4 is 0 Å². The summed E-state index contributed by atoms with van der Waals surface area (Å²) in [7, 11) is 0. The fraction of sp³-hybridized carbons (Fsp3) is 0.208. The summed E-state index contributed by atoms with van der Waals surface area (Å²) in [4.78, 5) is 17.7. The SMILES string of the molecule is O=C1[C@H](c2ccccc2)N(Cc2ccccc2)CCN1Cc1ccccc1. The molecule has 3 aromatic carbocycles. The maximum Gasteiger partial charge on any atom is 0.244 e. The number of hydrogen-bond donors (Lipinski definition) is 0. The molecule has 0 spiro atoms. The van der Waals surface area contributed by atoms with Crippen LogP contribution in [0, 0.1) is 0 Å². The molecule has 0 bridgehead atoms. The van der Waals surface area contributed by atoms with E-state index in [1.165, 1.54) is 11.1 Å². The van der Waals surface area contributed by atoms with Gasteiger partial charge in [0.25, 0.3) is 0 Å². The quantitative estimate of drug-likeness (QED) is 0.681. The molecule has 1 aliphatic heterocycles. The second kappa shape index (κ2) is 8.19. The number of carbonyl (C=O) groups excluding carboxylic acids is 1. The average molecular weight is 356 g/mol. The standard InChI is InChI=1S/C24H24N2O/c27-24-23(22-14-8-3-9-15-22)25(18-20-10-4-1-5-11-20)16-17-26(24)19-21-12-6-2-7-13-21/h1-15,23H,16-19H2/t23-/m0/s1. The van der Waals surface area contributed by atoms with E-state index < -0.39 is 0 Å². The van der Waals surface area contributed by atoms with Crippen LogP contribution in [-0.4, -0.2) is 28.8 Å². The van der Waals surface area contributed by atoms with Gasteiger partial charge in [-0.25, -0.2) is 0 Å². The van der Waals surface area contributed by atoms with Crippen LogP contribution in [0.4, 0.5) is 0 Å². The number of rotatable bonds is 5. The number of benzene rings is 3. The van der Waals surface area contributed by atoms with Gasteiger partial charge in [-0.3, -0.25) is 9.69 Å². The van der Waals surface area contributed by atoms with Crippen LogP contribution in [0.5, 0.6) is 0 Å². The molecular formula is C24H24N2O. The highest BCUT2D eigenvalue weighted by molar-refractivity contribution is 5.84. The third-order valence-electron chi connectivity index (χ3n) is 5.13. The molecule has 1 fully saturated rings. The van der Waals surface area contributed by atoms with Crippen molar-refractivity contribution in [1.29, 1.82) is 0 Å². The van der Waals surface area contributed by atoms with Gasteiger partial charge in [-0.1, -0.05) is 91.0 Å². The summed E-state index contributed by atoms with van der Waals surface area (Å²) in [6.07, 6.45) is 0. The fourth-order valence-corrected chi connectivity index (χ4v) is 3.76. The second-order valence-electron chi connectivity index (χ2n) is 7.01. The number of piperazine rings is 1. The van der Waals surface area contributed by atoms with Crippen molar-refractivity contribution in [1.82, 2.24) is 9.80 Å². The van der Waals surface area contributed by atoms with Crippen molar-refractivity contribution in [3.05, 3.63) is 108 Å². The van der Waals surface area contributed by atoms with Crippen molar-refractivity contribution in [3.8, 4) is 0 Å². The molecule has 27 heavy (non-hydrogen) atoms. The molecule has 0 aromatic heterocycles. The third kappa shape index (κ3) is 4.09. The van der Waals surface area contributed by atoms with E-state index in [-0.39, 0.29) is 11.9 Å². The van der Waals surface area contributed by atoms with E-state index in [4.69, 9.17) is 0 Å². The first-order valence-electron chi connectivity index (χ1n) is 9.47. The second-order valence-corrected chi connectivity index (χ2v) is 7.01. The highest BCUT2D eigenvalue weighted by Gasteiger charge is 2.35. The molecular weight excluding hydrogens is 332 g/mol. The summed E-state index contributed by atoms with van der Waals surface area (Å²) in [6.45, 7) is 3.07. The van der Waals surface area contributed by atoms with E-state index in [0.29, 0.717) is 6.54 Å². The smallest absolute Gasteiger partial charge is 0.244 e. The summed E-state index contributed by atoms with van der Waals surface area (Å²) in [5.74, 6) is 0.187. The molecule has 0 N–H and O–H groups in total. The minimum Gasteiger partial charge on any atom is -0.335 e. The molecule has 0 unspecified atom stereocenters. The van der Waals surface area contributed by atoms with E-state index in [2.05, 4.69) is 53.4 Å². The maximum atomic E-state index is 13.4. The zero-order valence-electron chi connectivity index (χ0n) is 15.4. The van der Waals surface area contributed by atoms with Crippen LogP contribution in [0.25, 0.3) is 0 Å². The van der Waals surface area contributed by atoms with Crippen molar-refractivity contribution in [2.45, 2.75) is 19.1 Å². The van der Waals surface area contributed by atoms with Gasteiger partial charge in [-0.2, -0.15) is 0 Å². The van der Waals surface area contributed by atoms with Gasteiger partial charge in [-0.05, 0) is 16.7 Å². The van der Waals surface area contributed by atoms with Crippen LogP contribution in [0.15, 0.2) is 91.0 Å². The molecule has 1 atom stereocenters. The zero-order valence-corrected chi connectivity index (χ0v) is 15.4. The lowest BCUT2D eigenvalue weighted by molar-refractivity contribution is -0.143. The van der Waals surface area contributed by atoms with Crippen LogP contribution in [0.3, 0.4) is 0 Å². The Balaban J connectivity index is 1.59. The Morgan fingerprint density at radius 2 is 1.19 bits per heavy atom. The van der Waals surface area contributed by atoms with Crippen molar-refractivity contribution in [2.75, 3.05) is 13.1 Å². The molecule has 3 aromatic rings. The van der Waals surface area contributed by atoms with E-state index in [1.54, 1.807) is 0 Å². The molecule has 0 aliphatic carbocycles. The van der Waals surface area contributed by atoms with Gasteiger partial charge in [0, 0.05) is 26.2 Å². The number of carbonyl (C=O) groups is 1. The predicted octanol–water partition coefficient (Wildman–Crippen LogP) is 4.27. The minimum absolute atomic E-state index is 0.187. The Morgan fingerprint density at radius 1 is 0.667 bits per heavy atom. The molecule has 136 valence electrons. The largest absolute Gasteiger partial charge is 0.335 e. The van der Waals surface area contributed by atoms with Gasteiger partial charge in [0.05, 0.1) is 0 Å². The first kappa shape index (κ1) is 17.5. The van der Waals surface area contributed by atoms with Crippen molar-refractivity contribution >= 4 is 5.91 Å². The van der Waals surface area contributed by atoms with E-state index in [1.807, 2.05) is 47.4 Å². The average Bonchev–Trinajstić information content (AvgIpc) is 2.72. The summed E-state index contributed by atoms with van der Waals surface area (Å²) >= 11 is 0. The molecule has 1 heterocycles. The first-order chi connectivity index (χ1) is 13.3. The van der Waals surface area contributed by atoms with Crippen LogP contribution >= 0.6 is 0 Å². The molecule has 3 heteroatoms. The fourth-order valence-electron chi connectivity index (χ4n) is 3.76. The molecule has 1 aliphatic rings. The first-order valence-corrected chi connectivity index (χ1v) is 9.47.